The second-order valence-corrected chi connectivity index (χ2v) is 12.5. The summed E-state index contributed by atoms with van der Waals surface area (Å²) < 4.78 is 25.0. The fraction of sp³-hybridized carbons (Fsp3) is 0.212. The molecule has 39 heavy (non-hydrogen) atoms. The highest BCUT2D eigenvalue weighted by molar-refractivity contribution is 7.99. The zero-order valence-electron chi connectivity index (χ0n) is 20.9. The van der Waals surface area contributed by atoms with E-state index in [-0.39, 0.29) is 23.0 Å². The first-order chi connectivity index (χ1) is 18.4. The molecule has 200 valence electrons. The lowest BCUT2D eigenvalue weighted by Crippen LogP contribution is -2.12. The van der Waals surface area contributed by atoms with Crippen molar-refractivity contribution in [3.05, 3.63) is 119 Å². The lowest BCUT2D eigenvalue weighted by molar-refractivity contribution is 0.0964. The molecular formula is C33H32O4S2. The minimum Gasteiger partial charge on any atom is -0.294 e. The lowest BCUT2D eigenvalue weighted by atomic mass is 9.91. The lowest BCUT2D eigenvalue weighted by Gasteiger charge is -2.15. The van der Waals surface area contributed by atoms with Crippen LogP contribution in [-0.2, 0) is 22.7 Å². The van der Waals surface area contributed by atoms with Crippen LogP contribution in [0.25, 0.3) is 0 Å². The fourth-order valence-electron chi connectivity index (χ4n) is 4.84. The Hall–Kier alpha value is -3.48. The third-order valence-corrected chi connectivity index (χ3v) is 9.56. The number of aryl methyl sites for hydroxylation is 2. The Balaban J connectivity index is 0.000000177. The van der Waals surface area contributed by atoms with Crippen molar-refractivity contribution in [2.24, 2.45) is 0 Å². The highest BCUT2D eigenvalue weighted by atomic mass is 32.2. The van der Waals surface area contributed by atoms with E-state index in [2.05, 4.69) is 24.3 Å². The van der Waals surface area contributed by atoms with Crippen LogP contribution in [0.3, 0.4) is 0 Å². The monoisotopic (exact) mass is 556 g/mol. The van der Waals surface area contributed by atoms with Gasteiger partial charge in [-0.3, -0.25) is 9.59 Å². The molecule has 2 aliphatic carbocycles. The van der Waals surface area contributed by atoms with Gasteiger partial charge in [0.25, 0.3) is 0 Å². The quantitative estimate of drug-likeness (QED) is 0.254. The number of rotatable bonds is 4. The predicted molar refractivity (Wildman–Crippen MR) is 157 cm³/mol. The Morgan fingerprint density at radius 2 is 1.08 bits per heavy atom. The molecule has 0 unspecified atom stereocenters. The molecule has 0 heterocycles. The fourth-order valence-corrected chi connectivity index (χ4v) is 7.07. The summed E-state index contributed by atoms with van der Waals surface area (Å²) in [5.41, 5.74) is 3.66. The highest BCUT2D eigenvalue weighted by Gasteiger charge is 2.22. The van der Waals surface area contributed by atoms with Crippen molar-refractivity contribution in [2.45, 2.75) is 65.5 Å². The first kappa shape index (κ1) is 28.5. The Morgan fingerprint density at radius 3 is 1.69 bits per heavy atom. The molecular weight excluding hydrogens is 524 g/mol. The van der Waals surface area contributed by atoms with Gasteiger partial charge in [0, 0.05) is 33.8 Å². The maximum atomic E-state index is 12.5. The molecule has 0 saturated carbocycles. The minimum absolute atomic E-state index is 0. The van der Waals surface area contributed by atoms with Crippen LogP contribution in [0.5, 0.6) is 0 Å². The van der Waals surface area contributed by atoms with Crippen molar-refractivity contribution in [3.63, 3.8) is 0 Å². The van der Waals surface area contributed by atoms with E-state index in [1.807, 2.05) is 24.3 Å². The van der Waals surface area contributed by atoms with Crippen molar-refractivity contribution >= 4 is 33.2 Å². The normalized spacial score (nSPS) is 14.3. The van der Waals surface area contributed by atoms with Crippen LogP contribution in [0, 0.1) is 0 Å². The third kappa shape index (κ3) is 6.57. The molecule has 0 amide bonds. The summed E-state index contributed by atoms with van der Waals surface area (Å²) in [6.45, 7) is 0. The van der Waals surface area contributed by atoms with Crippen molar-refractivity contribution in [1.29, 1.82) is 0 Å². The smallest absolute Gasteiger partial charge is 0.206 e. The van der Waals surface area contributed by atoms with E-state index < -0.39 is 9.84 Å². The molecule has 0 aliphatic heterocycles. The van der Waals surface area contributed by atoms with E-state index in [9.17, 15) is 18.0 Å². The van der Waals surface area contributed by atoms with Crippen LogP contribution < -0.4 is 0 Å². The maximum absolute atomic E-state index is 12.5. The number of hydrogen-bond donors (Lipinski definition) is 0. The molecule has 0 spiro atoms. The van der Waals surface area contributed by atoms with Gasteiger partial charge in [-0.15, -0.1) is 0 Å². The minimum atomic E-state index is -3.50. The van der Waals surface area contributed by atoms with Gasteiger partial charge in [-0.05, 0) is 91.4 Å². The van der Waals surface area contributed by atoms with E-state index in [0.717, 1.165) is 36.8 Å². The topological polar surface area (TPSA) is 68.3 Å². The summed E-state index contributed by atoms with van der Waals surface area (Å²) in [5, 5.41) is 0. The van der Waals surface area contributed by atoms with E-state index in [0.29, 0.717) is 24.2 Å². The van der Waals surface area contributed by atoms with Crippen molar-refractivity contribution in [1.82, 2.24) is 0 Å². The van der Waals surface area contributed by atoms with Crippen LogP contribution in [0.1, 0.15) is 65.0 Å². The third-order valence-electron chi connectivity index (χ3n) is 6.80. The summed E-state index contributed by atoms with van der Waals surface area (Å²) in [4.78, 5) is 26.5. The van der Waals surface area contributed by atoms with Gasteiger partial charge in [0.15, 0.2) is 11.6 Å². The number of sulfone groups is 1. The van der Waals surface area contributed by atoms with Gasteiger partial charge < -0.3 is 0 Å². The molecule has 0 bridgehead atoms. The average Bonchev–Trinajstić information content (AvgIpc) is 2.94. The molecule has 4 nitrogen and oxygen atoms in total. The molecule has 4 aromatic carbocycles. The molecule has 0 aromatic heterocycles. The van der Waals surface area contributed by atoms with E-state index >= 15 is 0 Å². The van der Waals surface area contributed by atoms with Crippen LogP contribution in [-0.4, -0.2) is 20.0 Å². The van der Waals surface area contributed by atoms with Crippen molar-refractivity contribution in [2.75, 3.05) is 0 Å². The maximum Gasteiger partial charge on any atom is 0.206 e. The van der Waals surface area contributed by atoms with Crippen LogP contribution in [0.2, 0.25) is 0 Å². The second kappa shape index (κ2) is 12.6. The summed E-state index contributed by atoms with van der Waals surface area (Å²) in [5.74, 6) is 0.405. The largest absolute Gasteiger partial charge is 0.294 e. The van der Waals surface area contributed by atoms with Crippen molar-refractivity contribution < 1.29 is 18.0 Å². The van der Waals surface area contributed by atoms with Crippen LogP contribution in [0.4, 0.5) is 0 Å². The Bertz CT molecular complexity index is 1580. The number of benzene rings is 4. The van der Waals surface area contributed by atoms with Gasteiger partial charge >= 0.3 is 0 Å². The number of fused-ring (bicyclic) bond motifs is 2. The van der Waals surface area contributed by atoms with E-state index in [4.69, 9.17) is 0 Å². The number of Topliss-reactive ketones (excluding diaryl/α,β-unsaturated/α-hetero) is 2. The molecule has 2 aliphatic rings. The molecule has 6 rings (SSSR count). The molecule has 4 aromatic rings. The Labute approximate surface area is 235 Å². The average molecular weight is 557 g/mol. The Morgan fingerprint density at radius 1 is 0.538 bits per heavy atom. The highest BCUT2D eigenvalue weighted by Crippen LogP contribution is 2.31. The molecule has 0 N–H and O–H groups in total. The van der Waals surface area contributed by atoms with Gasteiger partial charge in [0.2, 0.25) is 9.84 Å². The van der Waals surface area contributed by atoms with Gasteiger partial charge in [-0.1, -0.05) is 61.7 Å². The number of carbonyl (C=O) groups excluding carboxylic acids is 2. The number of carbonyl (C=O) groups is 2. The first-order valence-electron chi connectivity index (χ1n) is 12.8. The van der Waals surface area contributed by atoms with E-state index in [1.54, 1.807) is 54.2 Å². The number of ketones is 2. The van der Waals surface area contributed by atoms with Gasteiger partial charge in [0.1, 0.15) is 0 Å². The Kier molecular flexibility index (Phi) is 9.20. The SMILES string of the molecule is C.O=C1CCCc2cc(S(=O)(=O)c3ccccc3)ccc21.O=C1CCCc2cc(Sc3ccccc3)ccc21. The molecule has 0 saturated heterocycles. The second-order valence-electron chi connectivity index (χ2n) is 9.42. The molecule has 0 atom stereocenters. The zero-order chi connectivity index (χ0) is 26.5. The van der Waals surface area contributed by atoms with Crippen LogP contribution >= 0.6 is 11.8 Å². The van der Waals surface area contributed by atoms with Gasteiger partial charge in [-0.25, -0.2) is 8.42 Å². The summed E-state index contributed by atoms with van der Waals surface area (Å²) in [7, 11) is -3.50. The summed E-state index contributed by atoms with van der Waals surface area (Å²) in [6, 6.07) is 29.7. The van der Waals surface area contributed by atoms with Gasteiger partial charge in [0.05, 0.1) is 9.79 Å². The zero-order valence-corrected chi connectivity index (χ0v) is 22.6. The first-order valence-corrected chi connectivity index (χ1v) is 15.1. The predicted octanol–water partition coefficient (Wildman–Crippen LogP) is 8.03. The summed E-state index contributed by atoms with van der Waals surface area (Å²) in [6.07, 6.45) is 4.84. The molecule has 0 fully saturated rings. The standard InChI is InChI=1S/C16H14O3S.C16H14OS.CH4/c17-16-8-4-5-12-11-14(9-10-15(12)16)20(18,19)13-6-2-1-3-7-13;17-16-8-4-5-12-11-14(9-10-15(12)16)18-13-6-2-1-3-7-13;/h1-3,6-7,9-11H,4-5,8H2;1-3,6-7,9-11H,4-5,8H2;1H4. The summed E-state index contributed by atoms with van der Waals surface area (Å²) >= 11 is 1.75. The molecule has 6 heteroatoms. The van der Waals surface area contributed by atoms with Crippen molar-refractivity contribution in [3.8, 4) is 0 Å². The van der Waals surface area contributed by atoms with Crippen LogP contribution in [0.15, 0.2) is 117 Å². The molecule has 0 radical (unpaired) electrons. The van der Waals surface area contributed by atoms with E-state index in [1.165, 1.54) is 21.4 Å². The van der Waals surface area contributed by atoms with Gasteiger partial charge in [-0.2, -0.15) is 0 Å². The number of hydrogen-bond acceptors (Lipinski definition) is 5.